The number of urea groups is 1. The zero-order chi connectivity index (χ0) is 16.9. The minimum absolute atomic E-state index is 0.0840. The summed E-state index contributed by atoms with van der Waals surface area (Å²) in [5, 5.41) is 17.0. The first-order valence-corrected chi connectivity index (χ1v) is 7.34. The minimum atomic E-state index is -0.447. The van der Waals surface area contributed by atoms with Crippen LogP contribution in [0.4, 0.5) is 14.9 Å². The lowest BCUT2D eigenvalue weighted by Gasteiger charge is -2.09. The Hall–Kier alpha value is -3.00. The van der Waals surface area contributed by atoms with Crippen LogP contribution in [-0.4, -0.2) is 26.2 Å². The van der Waals surface area contributed by atoms with Crippen LogP contribution in [0.25, 0.3) is 5.69 Å². The molecular weight excluding hydrogens is 335 g/mol. The summed E-state index contributed by atoms with van der Waals surface area (Å²) in [6, 6.07) is 12.1. The molecule has 3 rings (SSSR count). The zero-order valence-corrected chi connectivity index (χ0v) is 13.0. The van der Waals surface area contributed by atoms with Gasteiger partial charge in [-0.3, -0.25) is 0 Å². The Bertz CT molecular complexity index is 851. The molecule has 0 saturated heterocycles. The third-order valence-corrected chi connectivity index (χ3v) is 3.46. The highest BCUT2D eigenvalue weighted by atomic mass is 35.5. The lowest BCUT2D eigenvalue weighted by Crippen LogP contribution is -2.29. The Morgan fingerprint density at radius 2 is 1.92 bits per heavy atom. The van der Waals surface area contributed by atoms with Crippen LogP contribution in [0.1, 0.15) is 5.82 Å². The lowest BCUT2D eigenvalue weighted by atomic mass is 10.3. The third-order valence-electron chi connectivity index (χ3n) is 3.13. The molecule has 0 atom stereocenters. The summed E-state index contributed by atoms with van der Waals surface area (Å²) < 4.78 is 14.4. The van der Waals surface area contributed by atoms with Gasteiger partial charge in [0.15, 0.2) is 5.82 Å². The summed E-state index contributed by atoms with van der Waals surface area (Å²) in [4.78, 5) is 11.9. The summed E-state index contributed by atoms with van der Waals surface area (Å²) >= 11 is 5.98. The van der Waals surface area contributed by atoms with Gasteiger partial charge in [0.2, 0.25) is 0 Å². The van der Waals surface area contributed by atoms with Crippen LogP contribution in [0, 0.1) is 5.82 Å². The second kappa shape index (κ2) is 7.05. The minimum Gasteiger partial charge on any atom is -0.330 e. The largest absolute Gasteiger partial charge is 0.330 e. The van der Waals surface area contributed by atoms with Crippen molar-refractivity contribution < 1.29 is 9.18 Å². The van der Waals surface area contributed by atoms with Crippen molar-refractivity contribution in [2.24, 2.45) is 0 Å². The highest BCUT2D eigenvalue weighted by molar-refractivity contribution is 6.33. The van der Waals surface area contributed by atoms with E-state index in [0.717, 1.165) is 0 Å². The van der Waals surface area contributed by atoms with E-state index in [-0.39, 0.29) is 12.4 Å². The molecule has 0 aliphatic rings. The molecule has 7 nitrogen and oxygen atoms in total. The van der Waals surface area contributed by atoms with Crippen molar-refractivity contribution in [2.75, 3.05) is 5.32 Å². The van der Waals surface area contributed by atoms with Crippen molar-refractivity contribution >= 4 is 23.3 Å². The average molecular weight is 347 g/mol. The number of halogens is 2. The molecule has 0 radical (unpaired) electrons. The van der Waals surface area contributed by atoms with E-state index in [1.165, 1.54) is 16.8 Å². The van der Waals surface area contributed by atoms with Crippen LogP contribution in [0.15, 0.2) is 48.5 Å². The number of nitrogens with one attached hydrogen (secondary N) is 2. The van der Waals surface area contributed by atoms with Crippen LogP contribution in [0.2, 0.25) is 5.02 Å². The quantitative estimate of drug-likeness (QED) is 0.760. The number of carbonyl (C=O) groups is 1. The SMILES string of the molecule is O=C(NCc1nnnn1-c1ccc(F)cc1)Nc1ccccc1Cl. The molecule has 0 saturated carbocycles. The van der Waals surface area contributed by atoms with Gasteiger partial charge in [0, 0.05) is 0 Å². The van der Waals surface area contributed by atoms with E-state index in [2.05, 4.69) is 26.2 Å². The molecule has 0 fully saturated rings. The highest BCUT2D eigenvalue weighted by Crippen LogP contribution is 2.20. The number of rotatable bonds is 4. The van der Waals surface area contributed by atoms with Crippen molar-refractivity contribution in [1.29, 1.82) is 0 Å². The maximum absolute atomic E-state index is 13.0. The first-order valence-electron chi connectivity index (χ1n) is 6.96. The number of aromatic nitrogens is 4. The van der Waals surface area contributed by atoms with E-state index in [4.69, 9.17) is 11.6 Å². The fraction of sp³-hybridized carbons (Fsp3) is 0.0667. The Labute approximate surface area is 141 Å². The average Bonchev–Trinajstić information content (AvgIpc) is 3.04. The van der Waals surface area contributed by atoms with Crippen LogP contribution >= 0.6 is 11.6 Å². The maximum atomic E-state index is 13.0. The van der Waals surface area contributed by atoms with Gasteiger partial charge in [-0.15, -0.1) is 5.10 Å². The highest BCUT2D eigenvalue weighted by Gasteiger charge is 2.11. The summed E-state index contributed by atoms with van der Waals surface area (Å²) in [6.45, 7) is 0.0840. The van der Waals surface area contributed by atoms with Crippen LogP contribution in [0.5, 0.6) is 0 Å². The van der Waals surface area contributed by atoms with E-state index in [1.807, 2.05) is 0 Å². The zero-order valence-electron chi connectivity index (χ0n) is 12.3. The summed E-state index contributed by atoms with van der Waals surface area (Å²) in [5.41, 5.74) is 1.08. The third kappa shape index (κ3) is 3.66. The predicted molar refractivity (Wildman–Crippen MR) is 86.4 cm³/mol. The second-order valence-corrected chi connectivity index (χ2v) is 5.18. The number of para-hydroxylation sites is 1. The van der Waals surface area contributed by atoms with Gasteiger partial charge < -0.3 is 10.6 Å². The van der Waals surface area contributed by atoms with Crippen molar-refractivity contribution in [2.45, 2.75) is 6.54 Å². The number of hydrogen-bond donors (Lipinski definition) is 2. The first-order chi connectivity index (χ1) is 11.6. The van der Waals surface area contributed by atoms with Gasteiger partial charge in [-0.2, -0.15) is 4.68 Å². The fourth-order valence-electron chi connectivity index (χ4n) is 1.99. The molecule has 9 heteroatoms. The van der Waals surface area contributed by atoms with E-state index >= 15 is 0 Å². The number of nitrogens with zero attached hydrogens (tertiary/aromatic N) is 4. The van der Waals surface area contributed by atoms with Crippen LogP contribution < -0.4 is 10.6 Å². The normalized spacial score (nSPS) is 10.4. The predicted octanol–water partition coefficient (Wildman–Crippen LogP) is 2.78. The molecule has 0 aliphatic heterocycles. The fourth-order valence-corrected chi connectivity index (χ4v) is 2.17. The van der Waals surface area contributed by atoms with Gasteiger partial charge in [0.05, 0.1) is 22.9 Å². The van der Waals surface area contributed by atoms with Crippen molar-refractivity contribution in [3.8, 4) is 5.69 Å². The molecular formula is C15H12ClFN6O. The Morgan fingerprint density at radius 1 is 1.17 bits per heavy atom. The molecule has 122 valence electrons. The molecule has 0 unspecified atom stereocenters. The van der Waals surface area contributed by atoms with Crippen molar-refractivity contribution in [3.05, 3.63) is 65.2 Å². The molecule has 24 heavy (non-hydrogen) atoms. The molecule has 0 aliphatic carbocycles. The molecule has 2 amide bonds. The lowest BCUT2D eigenvalue weighted by molar-refractivity contribution is 0.251. The molecule has 1 heterocycles. The molecule has 1 aromatic heterocycles. The van der Waals surface area contributed by atoms with Gasteiger partial charge in [0.1, 0.15) is 5.82 Å². The van der Waals surface area contributed by atoms with Gasteiger partial charge in [-0.05, 0) is 46.8 Å². The topological polar surface area (TPSA) is 84.7 Å². The van der Waals surface area contributed by atoms with Crippen LogP contribution in [-0.2, 0) is 6.54 Å². The summed E-state index contributed by atoms with van der Waals surface area (Å²) in [7, 11) is 0. The van der Waals surface area contributed by atoms with E-state index in [0.29, 0.717) is 22.2 Å². The van der Waals surface area contributed by atoms with Gasteiger partial charge >= 0.3 is 6.03 Å². The summed E-state index contributed by atoms with van der Waals surface area (Å²) in [5.74, 6) is 0.0431. The number of benzene rings is 2. The van der Waals surface area contributed by atoms with Crippen molar-refractivity contribution in [3.63, 3.8) is 0 Å². The van der Waals surface area contributed by atoms with Gasteiger partial charge in [-0.25, -0.2) is 9.18 Å². The molecule has 2 aromatic carbocycles. The Balaban J connectivity index is 1.65. The smallest absolute Gasteiger partial charge is 0.319 e. The molecule has 3 aromatic rings. The van der Waals surface area contributed by atoms with Crippen LogP contribution in [0.3, 0.4) is 0 Å². The molecule has 2 N–H and O–H groups in total. The number of amides is 2. The summed E-state index contributed by atoms with van der Waals surface area (Å²) in [6.07, 6.45) is 0. The van der Waals surface area contributed by atoms with Crippen molar-refractivity contribution in [1.82, 2.24) is 25.5 Å². The van der Waals surface area contributed by atoms with Gasteiger partial charge in [-0.1, -0.05) is 23.7 Å². The van der Waals surface area contributed by atoms with E-state index in [9.17, 15) is 9.18 Å². The van der Waals surface area contributed by atoms with E-state index < -0.39 is 6.03 Å². The number of anilines is 1. The standard InChI is InChI=1S/C15H12ClFN6O/c16-12-3-1-2-4-13(12)19-15(24)18-9-14-20-21-22-23(14)11-7-5-10(17)6-8-11/h1-8H,9H2,(H2,18,19,24). The van der Waals surface area contributed by atoms with E-state index in [1.54, 1.807) is 36.4 Å². The second-order valence-electron chi connectivity index (χ2n) is 4.77. The van der Waals surface area contributed by atoms with Gasteiger partial charge in [0.25, 0.3) is 0 Å². The number of hydrogen-bond acceptors (Lipinski definition) is 4. The number of tetrazole rings is 1. The first kappa shape index (κ1) is 15.9. The maximum Gasteiger partial charge on any atom is 0.319 e. The number of carbonyl (C=O) groups excluding carboxylic acids is 1. The monoisotopic (exact) mass is 346 g/mol. The molecule has 0 bridgehead atoms. The Kier molecular flexibility index (Phi) is 4.66. The Morgan fingerprint density at radius 3 is 2.67 bits per heavy atom. The molecule has 0 spiro atoms.